The number of rotatable bonds is 3. The normalized spacial score (nSPS) is 20.7. The third-order valence-electron chi connectivity index (χ3n) is 2.84. The van der Waals surface area contributed by atoms with Gasteiger partial charge < -0.3 is 15.0 Å². The van der Waals surface area contributed by atoms with Crippen molar-refractivity contribution in [2.24, 2.45) is 0 Å². The molecule has 1 saturated heterocycles. The smallest absolute Gasteiger partial charge is 0.254 e. The van der Waals surface area contributed by atoms with E-state index in [1.165, 1.54) is 0 Å². The number of amides is 1. The molecular formula is C12H16ClN3O2. The van der Waals surface area contributed by atoms with E-state index in [1.54, 1.807) is 18.3 Å². The molecule has 1 unspecified atom stereocenters. The highest BCUT2D eigenvalue weighted by Crippen LogP contribution is 2.11. The van der Waals surface area contributed by atoms with Crippen molar-refractivity contribution < 1.29 is 9.53 Å². The topological polar surface area (TPSA) is 54.5 Å². The summed E-state index contributed by atoms with van der Waals surface area (Å²) < 4.78 is 5.56. The molecule has 1 aliphatic heterocycles. The van der Waals surface area contributed by atoms with Gasteiger partial charge in [0, 0.05) is 25.8 Å². The summed E-state index contributed by atoms with van der Waals surface area (Å²) in [6.45, 7) is 2.93. The van der Waals surface area contributed by atoms with Gasteiger partial charge in [-0.2, -0.15) is 0 Å². The van der Waals surface area contributed by atoms with Crippen molar-refractivity contribution >= 4 is 17.5 Å². The fourth-order valence-corrected chi connectivity index (χ4v) is 2.05. The Morgan fingerprint density at radius 2 is 2.56 bits per heavy atom. The summed E-state index contributed by atoms with van der Waals surface area (Å²) in [6, 6.07) is 3.34. The molecule has 1 N–H and O–H groups in total. The molecular weight excluding hydrogens is 254 g/mol. The standard InChI is InChI=1S/C12H16ClN3O2/c1-16-5-6-18-9(8-16)7-15-12(17)10-3-2-4-14-11(10)13/h2-4,9H,5-8H2,1H3,(H,15,17). The molecule has 5 nitrogen and oxygen atoms in total. The van der Waals surface area contributed by atoms with Crippen molar-refractivity contribution in [1.29, 1.82) is 0 Å². The van der Waals surface area contributed by atoms with Crippen molar-refractivity contribution in [3.63, 3.8) is 0 Å². The zero-order valence-corrected chi connectivity index (χ0v) is 11.0. The van der Waals surface area contributed by atoms with Crippen LogP contribution in [-0.2, 0) is 4.74 Å². The van der Waals surface area contributed by atoms with Gasteiger partial charge in [0.1, 0.15) is 5.15 Å². The Bertz CT molecular complexity index is 428. The minimum absolute atomic E-state index is 0.0307. The lowest BCUT2D eigenvalue weighted by molar-refractivity contribution is -0.0175. The first-order valence-electron chi connectivity index (χ1n) is 5.85. The molecule has 1 amide bonds. The fraction of sp³-hybridized carbons (Fsp3) is 0.500. The highest BCUT2D eigenvalue weighted by molar-refractivity contribution is 6.32. The second-order valence-corrected chi connectivity index (χ2v) is 4.66. The van der Waals surface area contributed by atoms with Crippen LogP contribution in [-0.4, -0.2) is 55.2 Å². The summed E-state index contributed by atoms with van der Waals surface area (Å²) in [7, 11) is 2.04. The van der Waals surface area contributed by atoms with E-state index >= 15 is 0 Å². The first-order chi connectivity index (χ1) is 8.66. The van der Waals surface area contributed by atoms with Gasteiger partial charge >= 0.3 is 0 Å². The van der Waals surface area contributed by atoms with Crippen LogP contribution >= 0.6 is 11.6 Å². The minimum Gasteiger partial charge on any atom is -0.374 e. The first kappa shape index (κ1) is 13.3. The van der Waals surface area contributed by atoms with Gasteiger partial charge in [0.2, 0.25) is 0 Å². The Labute approximate surface area is 111 Å². The van der Waals surface area contributed by atoms with Crippen LogP contribution in [0.15, 0.2) is 18.3 Å². The summed E-state index contributed by atoms with van der Waals surface area (Å²) in [4.78, 5) is 17.9. The van der Waals surface area contributed by atoms with Gasteiger partial charge in [-0.1, -0.05) is 11.6 Å². The monoisotopic (exact) mass is 269 g/mol. The van der Waals surface area contributed by atoms with Gasteiger partial charge in [-0.05, 0) is 19.2 Å². The number of carbonyl (C=O) groups excluding carboxylic acids is 1. The molecule has 0 radical (unpaired) electrons. The number of halogens is 1. The summed E-state index contributed by atoms with van der Waals surface area (Å²) in [5.41, 5.74) is 0.392. The van der Waals surface area contributed by atoms with Crippen molar-refractivity contribution in [3.8, 4) is 0 Å². The van der Waals surface area contributed by atoms with Crippen LogP contribution in [0, 0.1) is 0 Å². The Kier molecular flexibility index (Phi) is 4.52. The Morgan fingerprint density at radius 3 is 3.28 bits per heavy atom. The van der Waals surface area contributed by atoms with Gasteiger partial charge in [0.05, 0.1) is 18.3 Å². The number of likely N-dealkylation sites (N-methyl/N-ethyl adjacent to an activating group) is 1. The molecule has 1 aliphatic rings. The van der Waals surface area contributed by atoms with E-state index in [0.717, 1.165) is 13.1 Å². The van der Waals surface area contributed by atoms with E-state index in [2.05, 4.69) is 15.2 Å². The van der Waals surface area contributed by atoms with E-state index in [-0.39, 0.29) is 17.2 Å². The lowest BCUT2D eigenvalue weighted by Crippen LogP contribution is -2.45. The van der Waals surface area contributed by atoms with Crippen molar-refractivity contribution in [2.75, 3.05) is 33.3 Å². The predicted molar refractivity (Wildman–Crippen MR) is 68.8 cm³/mol. The van der Waals surface area contributed by atoms with Crippen LogP contribution in [0.5, 0.6) is 0 Å². The van der Waals surface area contributed by atoms with Crippen molar-refractivity contribution in [1.82, 2.24) is 15.2 Å². The van der Waals surface area contributed by atoms with E-state index in [0.29, 0.717) is 18.7 Å². The number of ether oxygens (including phenoxy) is 1. The van der Waals surface area contributed by atoms with Crippen molar-refractivity contribution in [3.05, 3.63) is 29.0 Å². The second-order valence-electron chi connectivity index (χ2n) is 4.31. The predicted octanol–water partition coefficient (Wildman–Crippen LogP) is 0.795. The molecule has 0 bridgehead atoms. The van der Waals surface area contributed by atoms with Crippen molar-refractivity contribution in [2.45, 2.75) is 6.10 Å². The lowest BCUT2D eigenvalue weighted by atomic mass is 10.2. The summed E-state index contributed by atoms with van der Waals surface area (Å²) >= 11 is 5.85. The number of nitrogens with one attached hydrogen (secondary N) is 1. The second kappa shape index (κ2) is 6.13. The molecule has 98 valence electrons. The number of hydrogen-bond donors (Lipinski definition) is 1. The number of carbonyl (C=O) groups is 1. The number of hydrogen-bond acceptors (Lipinski definition) is 4. The number of morpholine rings is 1. The third-order valence-corrected chi connectivity index (χ3v) is 3.14. The molecule has 2 heterocycles. The largest absolute Gasteiger partial charge is 0.374 e. The fourth-order valence-electron chi connectivity index (χ4n) is 1.85. The summed E-state index contributed by atoms with van der Waals surface area (Å²) in [5.74, 6) is -0.218. The van der Waals surface area contributed by atoms with Gasteiger partial charge in [-0.3, -0.25) is 4.79 Å². The van der Waals surface area contributed by atoms with Crippen LogP contribution in [0.25, 0.3) is 0 Å². The van der Waals surface area contributed by atoms with Gasteiger partial charge in [0.25, 0.3) is 5.91 Å². The average molecular weight is 270 g/mol. The molecule has 0 spiro atoms. The average Bonchev–Trinajstić information content (AvgIpc) is 2.37. The molecule has 0 aromatic carbocycles. The Hall–Kier alpha value is -1.17. The van der Waals surface area contributed by atoms with Crippen LogP contribution in [0.2, 0.25) is 5.15 Å². The molecule has 6 heteroatoms. The van der Waals surface area contributed by atoms with Gasteiger partial charge in [-0.25, -0.2) is 4.98 Å². The molecule has 2 rings (SSSR count). The SMILES string of the molecule is CN1CCOC(CNC(=O)c2cccnc2Cl)C1. The van der Waals surface area contributed by atoms with Gasteiger partial charge in [0.15, 0.2) is 0 Å². The third kappa shape index (κ3) is 3.41. The van der Waals surface area contributed by atoms with E-state index in [9.17, 15) is 4.79 Å². The van der Waals surface area contributed by atoms with Crippen LogP contribution in [0.1, 0.15) is 10.4 Å². The molecule has 1 fully saturated rings. The first-order valence-corrected chi connectivity index (χ1v) is 6.23. The maximum Gasteiger partial charge on any atom is 0.254 e. The molecule has 1 aromatic heterocycles. The Morgan fingerprint density at radius 1 is 1.72 bits per heavy atom. The molecule has 1 atom stereocenters. The lowest BCUT2D eigenvalue weighted by Gasteiger charge is -2.30. The number of nitrogens with zero attached hydrogens (tertiary/aromatic N) is 2. The quantitative estimate of drug-likeness (QED) is 0.825. The van der Waals surface area contributed by atoms with E-state index < -0.39 is 0 Å². The molecule has 18 heavy (non-hydrogen) atoms. The van der Waals surface area contributed by atoms with Gasteiger partial charge in [-0.15, -0.1) is 0 Å². The number of pyridine rings is 1. The van der Waals surface area contributed by atoms with Crippen LogP contribution < -0.4 is 5.32 Å². The highest BCUT2D eigenvalue weighted by Gasteiger charge is 2.19. The highest BCUT2D eigenvalue weighted by atomic mass is 35.5. The summed E-state index contributed by atoms with van der Waals surface area (Å²) in [5, 5.41) is 3.03. The van der Waals surface area contributed by atoms with E-state index in [1.807, 2.05) is 7.05 Å². The zero-order chi connectivity index (χ0) is 13.0. The maximum absolute atomic E-state index is 11.9. The minimum atomic E-state index is -0.218. The maximum atomic E-state index is 11.9. The number of aromatic nitrogens is 1. The zero-order valence-electron chi connectivity index (χ0n) is 10.2. The molecule has 1 aromatic rings. The Balaban J connectivity index is 1.87. The molecule has 0 aliphatic carbocycles. The molecule has 0 saturated carbocycles. The van der Waals surface area contributed by atoms with Crippen LogP contribution in [0.3, 0.4) is 0 Å². The summed E-state index contributed by atoms with van der Waals surface area (Å²) in [6.07, 6.45) is 1.58. The van der Waals surface area contributed by atoms with E-state index in [4.69, 9.17) is 16.3 Å². The van der Waals surface area contributed by atoms with Crippen LogP contribution in [0.4, 0.5) is 0 Å².